The van der Waals surface area contributed by atoms with Crippen LogP contribution in [-0.2, 0) is 6.42 Å². The Balaban J connectivity index is 2.12. The molecule has 0 amide bonds. The minimum atomic E-state index is 0.110. The van der Waals surface area contributed by atoms with Crippen molar-refractivity contribution in [2.24, 2.45) is 10.9 Å². The van der Waals surface area contributed by atoms with Gasteiger partial charge in [-0.25, -0.2) is 4.99 Å². The molecule has 0 spiro atoms. The topological polar surface area (TPSA) is 84.3 Å². The lowest BCUT2D eigenvalue weighted by molar-refractivity contribution is 0.455. The maximum absolute atomic E-state index is 10.7. The van der Waals surface area contributed by atoms with Crippen LogP contribution in [0, 0.1) is 18.3 Å². The van der Waals surface area contributed by atoms with E-state index in [0.717, 1.165) is 35.7 Å². The zero-order valence-electron chi connectivity index (χ0n) is 20.1. The average molecular weight is 433 g/mol. The van der Waals surface area contributed by atoms with Gasteiger partial charge in [-0.3, -0.25) is 5.41 Å². The molecule has 2 unspecified atom stereocenters. The van der Waals surface area contributed by atoms with Crippen LogP contribution in [0.1, 0.15) is 69.2 Å². The van der Waals surface area contributed by atoms with Crippen molar-refractivity contribution in [2.45, 2.75) is 60.3 Å². The number of allylic oxidation sites excluding steroid dienone is 1. The van der Waals surface area contributed by atoms with Crippen molar-refractivity contribution in [3.63, 3.8) is 0 Å². The number of benzene rings is 1. The molecule has 2 atom stereocenters. The first-order chi connectivity index (χ1) is 15.3. The Bertz CT molecular complexity index is 1180. The molecule has 170 valence electrons. The number of aliphatic imine (C=N–C) groups is 1. The standard InChI is InChI=1S/C27H36N4O/c1-7-19-11-10-16(4)21(13-19)22-15-23-24(14-20(22)8-2)31-27(32)26(23)18(6)30-25(28)12-17(5)29-9-3/h10-15,20,22,28-29,31-32H,7-9H2,1-6H3/b17-12-,28-25?,30-18?. The van der Waals surface area contributed by atoms with Gasteiger partial charge in [0.1, 0.15) is 5.84 Å². The molecular weight excluding hydrogens is 396 g/mol. The monoisotopic (exact) mass is 432 g/mol. The smallest absolute Gasteiger partial charge is 0.198 e. The normalized spacial score (nSPS) is 18.6. The number of aromatic nitrogens is 1. The van der Waals surface area contributed by atoms with E-state index in [-0.39, 0.29) is 17.6 Å². The fraction of sp³-hybridized carbons (Fsp3) is 0.407. The highest BCUT2D eigenvalue weighted by Gasteiger charge is 2.25. The lowest BCUT2D eigenvalue weighted by atomic mass is 9.78. The largest absolute Gasteiger partial charge is 0.494 e. The van der Waals surface area contributed by atoms with Gasteiger partial charge < -0.3 is 15.4 Å². The number of aromatic amines is 1. The van der Waals surface area contributed by atoms with E-state index >= 15 is 0 Å². The number of nitrogens with zero attached hydrogens (tertiary/aromatic N) is 1. The fourth-order valence-corrected chi connectivity index (χ4v) is 4.58. The fourth-order valence-electron chi connectivity index (χ4n) is 4.58. The van der Waals surface area contributed by atoms with E-state index in [1.807, 2.05) is 20.8 Å². The number of nitrogens with one attached hydrogen (secondary N) is 3. The molecule has 4 N–H and O–H groups in total. The van der Waals surface area contributed by atoms with Crippen LogP contribution < -0.4 is 15.9 Å². The van der Waals surface area contributed by atoms with Crippen LogP contribution in [0.2, 0.25) is 0 Å². The van der Waals surface area contributed by atoms with Gasteiger partial charge in [0.15, 0.2) is 5.88 Å². The first-order valence-electron chi connectivity index (χ1n) is 11.6. The molecule has 1 aliphatic rings. The summed E-state index contributed by atoms with van der Waals surface area (Å²) in [4.78, 5) is 7.61. The second kappa shape index (κ2) is 10.0. The molecule has 1 aromatic heterocycles. The van der Waals surface area contributed by atoms with Crippen LogP contribution in [0.15, 0.2) is 35.0 Å². The summed E-state index contributed by atoms with van der Waals surface area (Å²) in [5.74, 6) is 0.847. The maximum atomic E-state index is 10.7. The van der Waals surface area contributed by atoms with Gasteiger partial charge in [0, 0.05) is 34.8 Å². The van der Waals surface area contributed by atoms with Crippen molar-refractivity contribution in [2.75, 3.05) is 6.54 Å². The van der Waals surface area contributed by atoms with Gasteiger partial charge in [0.25, 0.3) is 0 Å². The Kier molecular flexibility index (Phi) is 7.39. The molecule has 32 heavy (non-hydrogen) atoms. The van der Waals surface area contributed by atoms with E-state index in [1.54, 1.807) is 6.08 Å². The van der Waals surface area contributed by atoms with E-state index in [2.05, 4.69) is 66.4 Å². The summed E-state index contributed by atoms with van der Waals surface area (Å²) < 4.78 is 0. The van der Waals surface area contributed by atoms with Gasteiger partial charge in [-0.05, 0) is 63.1 Å². The van der Waals surface area contributed by atoms with Crippen molar-refractivity contribution in [3.05, 3.63) is 62.8 Å². The SMILES string of the molecule is CCN/C(C)=C\C(=N)N=C(C)c1c(O)[nH]c2c1=CC(c1cc(CC)ccc1C)C(CC)C=2. The highest BCUT2D eigenvalue weighted by molar-refractivity contribution is 6.09. The Morgan fingerprint density at radius 2 is 1.97 bits per heavy atom. The summed E-state index contributed by atoms with van der Waals surface area (Å²) in [6.07, 6.45) is 8.25. The molecule has 1 aliphatic carbocycles. The molecule has 0 bridgehead atoms. The predicted octanol–water partition coefficient (Wildman–Crippen LogP) is 4.28. The number of H-pyrrole nitrogens is 1. The van der Waals surface area contributed by atoms with E-state index in [0.29, 0.717) is 17.2 Å². The second-order valence-corrected chi connectivity index (χ2v) is 8.59. The first kappa shape index (κ1) is 23.6. The van der Waals surface area contributed by atoms with Crippen LogP contribution >= 0.6 is 0 Å². The summed E-state index contributed by atoms with van der Waals surface area (Å²) in [7, 11) is 0. The number of aryl methyl sites for hydroxylation is 2. The summed E-state index contributed by atoms with van der Waals surface area (Å²) in [5.41, 5.74) is 6.17. The molecule has 0 saturated heterocycles. The van der Waals surface area contributed by atoms with Gasteiger partial charge in [-0.1, -0.05) is 44.2 Å². The quantitative estimate of drug-likeness (QED) is 0.389. The number of amidine groups is 1. The Labute approximate surface area is 191 Å². The summed E-state index contributed by atoms with van der Waals surface area (Å²) >= 11 is 0. The van der Waals surface area contributed by atoms with Crippen molar-refractivity contribution < 1.29 is 5.11 Å². The zero-order chi connectivity index (χ0) is 23.4. The Morgan fingerprint density at radius 1 is 1.22 bits per heavy atom. The number of aromatic hydroxyl groups is 1. The number of rotatable bonds is 7. The second-order valence-electron chi connectivity index (χ2n) is 8.59. The van der Waals surface area contributed by atoms with Crippen LogP contribution in [0.5, 0.6) is 5.88 Å². The van der Waals surface area contributed by atoms with Crippen LogP contribution in [0.25, 0.3) is 12.2 Å². The summed E-state index contributed by atoms with van der Waals surface area (Å²) in [5, 5.41) is 24.1. The number of hydrogen-bond acceptors (Lipinski definition) is 3. The number of hydrogen-bond donors (Lipinski definition) is 4. The van der Waals surface area contributed by atoms with Gasteiger partial charge >= 0.3 is 0 Å². The third-order valence-corrected chi connectivity index (χ3v) is 6.28. The van der Waals surface area contributed by atoms with Crippen molar-refractivity contribution in [1.82, 2.24) is 10.3 Å². The van der Waals surface area contributed by atoms with Crippen molar-refractivity contribution >= 4 is 23.7 Å². The zero-order valence-corrected chi connectivity index (χ0v) is 20.1. The third-order valence-electron chi connectivity index (χ3n) is 6.28. The minimum Gasteiger partial charge on any atom is -0.494 e. The lowest BCUT2D eigenvalue weighted by Crippen LogP contribution is -2.34. The van der Waals surface area contributed by atoms with E-state index in [4.69, 9.17) is 5.41 Å². The molecule has 5 heteroatoms. The Morgan fingerprint density at radius 3 is 2.62 bits per heavy atom. The molecule has 1 aromatic carbocycles. The summed E-state index contributed by atoms with van der Waals surface area (Å²) in [6, 6.07) is 6.75. The van der Waals surface area contributed by atoms with Crippen LogP contribution in [-0.4, -0.2) is 28.2 Å². The average Bonchev–Trinajstić information content (AvgIpc) is 3.07. The van der Waals surface area contributed by atoms with Gasteiger partial charge in [-0.2, -0.15) is 0 Å². The predicted molar refractivity (Wildman–Crippen MR) is 135 cm³/mol. The minimum absolute atomic E-state index is 0.110. The van der Waals surface area contributed by atoms with Crippen LogP contribution in [0.4, 0.5) is 0 Å². The Hall–Kier alpha value is -3.08. The van der Waals surface area contributed by atoms with Gasteiger partial charge in [0.05, 0.1) is 11.3 Å². The lowest BCUT2D eigenvalue weighted by Gasteiger charge is -2.25. The highest BCUT2D eigenvalue weighted by atomic mass is 16.3. The van der Waals surface area contributed by atoms with E-state index < -0.39 is 0 Å². The molecule has 2 aromatic rings. The van der Waals surface area contributed by atoms with Gasteiger partial charge in [-0.15, -0.1) is 0 Å². The molecular formula is C27H36N4O. The molecule has 0 radical (unpaired) electrons. The third kappa shape index (κ3) is 4.87. The van der Waals surface area contributed by atoms with Crippen molar-refractivity contribution in [3.8, 4) is 5.88 Å². The number of fused-ring (bicyclic) bond motifs is 1. The van der Waals surface area contributed by atoms with E-state index in [1.165, 1.54) is 16.7 Å². The van der Waals surface area contributed by atoms with Gasteiger partial charge in [0.2, 0.25) is 0 Å². The first-order valence-corrected chi connectivity index (χ1v) is 11.6. The molecule has 3 rings (SSSR count). The maximum Gasteiger partial charge on any atom is 0.198 e. The van der Waals surface area contributed by atoms with E-state index in [9.17, 15) is 5.11 Å². The molecule has 5 nitrogen and oxygen atoms in total. The van der Waals surface area contributed by atoms with Crippen LogP contribution in [0.3, 0.4) is 0 Å². The summed E-state index contributed by atoms with van der Waals surface area (Å²) in [6.45, 7) is 13.2. The molecule has 0 saturated carbocycles. The van der Waals surface area contributed by atoms with Crippen molar-refractivity contribution in [1.29, 1.82) is 5.41 Å². The molecule has 1 heterocycles. The highest BCUT2D eigenvalue weighted by Crippen LogP contribution is 2.34. The molecule has 0 fully saturated rings. The molecule has 0 aliphatic heterocycles.